The Hall–Kier alpha value is -0.670. The van der Waals surface area contributed by atoms with E-state index in [1.54, 1.807) is 11.8 Å². The molecule has 0 radical (unpaired) electrons. The predicted molar refractivity (Wildman–Crippen MR) is 85.0 cm³/mol. The number of rotatable bonds is 5. The maximum Gasteiger partial charge on any atom is 0.230 e. The molecule has 1 aromatic rings. The minimum Gasteiger partial charge on any atom is -0.352 e. The van der Waals surface area contributed by atoms with E-state index in [0.717, 1.165) is 28.2 Å². The molecule has 0 aliphatic heterocycles. The van der Waals surface area contributed by atoms with E-state index >= 15 is 0 Å². The largest absolute Gasteiger partial charge is 0.352 e. The van der Waals surface area contributed by atoms with Gasteiger partial charge in [0, 0.05) is 16.8 Å². The zero-order valence-electron chi connectivity index (χ0n) is 11.5. The number of amides is 1. The average molecular weight is 310 g/mol. The summed E-state index contributed by atoms with van der Waals surface area (Å²) in [7, 11) is 0. The maximum absolute atomic E-state index is 12.0. The number of thioether (sulfide) groups is 1. The quantitative estimate of drug-likeness (QED) is 0.894. The van der Waals surface area contributed by atoms with Crippen molar-refractivity contribution >= 4 is 29.3 Å². The van der Waals surface area contributed by atoms with E-state index in [4.69, 9.17) is 11.6 Å². The van der Waals surface area contributed by atoms with Gasteiger partial charge in [-0.05, 0) is 42.7 Å². The molecule has 0 saturated heterocycles. The third-order valence-electron chi connectivity index (χ3n) is 4.53. The highest BCUT2D eigenvalue weighted by atomic mass is 35.5. The summed E-state index contributed by atoms with van der Waals surface area (Å²) in [6, 6.07) is 8.27. The Morgan fingerprint density at radius 1 is 1.30 bits per heavy atom. The number of carbonyl (C=O) groups is 1. The van der Waals surface area contributed by atoms with Crippen LogP contribution >= 0.6 is 23.4 Å². The molecule has 2 saturated carbocycles. The fourth-order valence-corrected chi connectivity index (χ4v) is 4.66. The molecule has 2 fully saturated rings. The second-order valence-corrected chi connectivity index (χ2v) is 7.33. The lowest BCUT2D eigenvalue weighted by atomic mass is 9.95. The third-order valence-corrected chi connectivity index (χ3v) is 5.88. The van der Waals surface area contributed by atoms with Gasteiger partial charge in [0.05, 0.1) is 5.75 Å². The molecule has 3 atom stereocenters. The number of hydrogen-bond donors (Lipinski definition) is 1. The molecule has 20 heavy (non-hydrogen) atoms. The molecule has 0 spiro atoms. The minimum atomic E-state index is 0.180. The Kier molecular flexibility index (Phi) is 4.57. The van der Waals surface area contributed by atoms with Gasteiger partial charge in [-0.1, -0.05) is 36.2 Å². The molecule has 1 aromatic carbocycles. The van der Waals surface area contributed by atoms with Gasteiger partial charge in [-0.15, -0.1) is 11.8 Å². The molecule has 108 valence electrons. The average Bonchev–Trinajstić information content (AvgIpc) is 3.03. The van der Waals surface area contributed by atoms with Gasteiger partial charge in [-0.3, -0.25) is 4.79 Å². The van der Waals surface area contributed by atoms with Gasteiger partial charge in [-0.2, -0.15) is 0 Å². The van der Waals surface area contributed by atoms with Gasteiger partial charge < -0.3 is 5.32 Å². The predicted octanol–water partition coefficient (Wildman–Crippen LogP) is 3.88. The lowest BCUT2D eigenvalue weighted by molar-refractivity contribution is -0.119. The number of benzene rings is 1. The first-order valence-electron chi connectivity index (χ1n) is 7.33. The van der Waals surface area contributed by atoms with Crippen LogP contribution in [-0.2, 0) is 10.5 Å². The summed E-state index contributed by atoms with van der Waals surface area (Å²) >= 11 is 7.74. The molecule has 1 N–H and O–H groups in total. The molecule has 0 unspecified atom stereocenters. The molecule has 0 heterocycles. The van der Waals surface area contributed by atoms with E-state index in [9.17, 15) is 4.79 Å². The topological polar surface area (TPSA) is 29.1 Å². The Morgan fingerprint density at radius 2 is 2.15 bits per heavy atom. The van der Waals surface area contributed by atoms with Crippen LogP contribution in [0.15, 0.2) is 24.3 Å². The van der Waals surface area contributed by atoms with Crippen LogP contribution < -0.4 is 5.32 Å². The summed E-state index contributed by atoms with van der Waals surface area (Å²) in [5.41, 5.74) is 1.10. The van der Waals surface area contributed by atoms with Crippen molar-refractivity contribution in [3.8, 4) is 0 Å². The molecule has 4 heteroatoms. The molecule has 2 aliphatic rings. The Labute approximate surface area is 129 Å². The lowest BCUT2D eigenvalue weighted by Crippen LogP contribution is -2.39. The van der Waals surface area contributed by atoms with Crippen LogP contribution in [-0.4, -0.2) is 17.7 Å². The summed E-state index contributed by atoms with van der Waals surface area (Å²) in [4.78, 5) is 12.0. The number of nitrogens with one attached hydrogen (secondary N) is 1. The molecule has 0 aromatic heterocycles. The van der Waals surface area contributed by atoms with Crippen molar-refractivity contribution in [1.82, 2.24) is 5.32 Å². The summed E-state index contributed by atoms with van der Waals surface area (Å²) < 4.78 is 0. The Bertz CT molecular complexity index is 493. The Balaban J connectivity index is 1.40. The molecular formula is C16H20ClNOS. The first-order chi connectivity index (χ1) is 9.72. The van der Waals surface area contributed by atoms with E-state index in [1.807, 2.05) is 24.3 Å². The van der Waals surface area contributed by atoms with Gasteiger partial charge in [0.2, 0.25) is 5.91 Å². The van der Waals surface area contributed by atoms with E-state index < -0.39 is 0 Å². The van der Waals surface area contributed by atoms with Crippen molar-refractivity contribution in [2.45, 2.75) is 37.5 Å². The second kappa shape index (κ2) is 6.40. The Morgan fingerprint density at radius 3 is 2.85 bits per heavy atom. The van der Waals surface area contributed by atoms with E-state index in [-0.39, 0.29) is 5.91 Å². The first kappa shape index (κ1) is 14.3. The zero-order chi connectivity index (χ0) is 13.9. The normalized spacial score (nSPS) is 27.8. The van der Waals surface area contributed by atoms with Gasteiger partial charge in [0.15, 0.2) is 0 Å². The summed E-state index contributed by atoms with van der Waals surface area (Å²) in [5.74, 6) is 3.13. The molecule has 2 nitrogen and oxygen atoms in total. The van der Waals surface area contributed by atoms with Crippen molar-refractivity contribution < 1.29 is 4.79 Å². The van der Waals surface area contributed by atoms with Crippen molar-refractivity contribution in [2.75, 3.05) is 5.75 Å². The van der Waals surface area contributed by atoms with Crippen molar-refractivity contribution in [3.05, 3.63) is 34.9 Å². The van der Waals surface area contributed by atoms with Crippen molar-refractivity contribution in [1.29, 1.82) is 0 Å². The van der Waals surface area contributed by atoms with Gasteiger partial charge in [0.1, 0.15) is 0 Å². The summed E-state index contributed by atoms with van der Waals surface area (Å²) in [6.07, 6.45) is 5.21. The molecule has 2 bridgehead atoms. The molecular weight excluding hydrogens is 290 g/mol. The summed E-state index contributed by atoms with van der Waals surface area (Å²) in [5, 5.41) is 4.00. The van der Waals surface area contributed by atoms with Crippen LogP contribution in [0.25, 0.3) is 0 Å². The molecule has 3 rings (SSSR count). The van der Waals surface area contributed by atoms with Gasteiger partial charge >= 0.3 is 0 Å². The lowest BCUT2D eigenvalue weighted by Gasteiger charge is -2.22. The van der Waals surface area contributed by atoms with Crippen molar-refractivity contribution in [2.24, 2.45) is 11.8 Å². The fraction of sp³-hybridized carbons (Fsp3) is 0.562. The number of fused-ring (bicyclic) bond motifs is 2. The van der Waals surface area contributed by atoms with Crippen molar-refractivity contribution in [3.63, 3.8) is 0 Å². The first-order valence-corrected chi connectivity index (χ1v) is 8.86. The SMILES string of the molecule is O=C(CSCc1ccccc1Cl)N[C@H]1C[C@H]2CC[C@@H]1C2. The molecule has 2 aliphatic carbocycles. The van der Waals surface area contributed by atoms with Crippen LogP contribution in [0.5, 0.6) is 0 Å². The van der Waals surface area contributed by atoms with E-state index in [0.29, 0.717) is 11.8 Å². The van der Waals surface area contributed by atoms with Gasteiger partial charge in [-0.25, -0.2) is 0 Å². The smallest absolute Gasteiger partial charge is 0.230 e. The van der Waals surface area contributed by atoms with Crippen LogP contribution in [0.2, 0.25) is 5.02 Å². The number of carbonyl (C=O) groups excluding carboxylic acids is 1. The highest BCUT2D eigenvalue weighted by Gasteiger charge is 2.39. The fourth-order valence-electron chi connectivity index (χ4n) is 3.54. The highest BCUT2D eigenvalue weighted by molar-refractivity contribution is 7.99. The molecule has 1 amide bonds. The van der Waals surface area contributed by atoms with Crippen LogP contribution in [0.4, 0.5) is 0 Å². The van der Waals surface area contributed by atoms with Crippen LogP contribution in [0.3, 0.4) is 0 Å². The highest BCUT2D eigenvalue weighted by Crippen LogP contribution is 2.44. The monoisotopic (exact) mass is 309 g/mol. The van der Waals surface area contributed by atoms with E-state index in [2.05, 4.69) is 5.32 Å². The van der Waals surface area contributed by atoms with Crippen LogP contribution in [0, 0.1) is 11.8 Å². The zero-order valence-corrected chi connectivity index (χ0v) is 13.1. The standard InChI is InChI=1S/C16H20ClNOS/c17-14-4-2-1-3-13(14)9-20-10-16(19)18-15-8-11-5-6-12(15)7-11/h1-4,11-12,15H,5-10H2,(H,18,19)/t11-,12+,15-/m0/s1. The number of halogens is 1. The maximum atomic E-state index is 12.0. The van der Waals surface area contributed by atoms with Crippen LogP contribution in [0.1, 0.15) is 31.2 Å². The third kappa shape index (κ3) is 3.32. The second-order valence-electron chi connectivity index (χ2n) is 5.93. The van der Waals surface area contributed by atoms with E-state index in [1.165, 1.54) is 25.7 Å². The van der Waals surface area contributed by atoms with Gasteiger partial charge in [0.25, 0.3) is 0 Å². The minimum absolute atomic E-state index is 0.180. The number of hydrogen-bond acceptors (Lipinski definition) is 2. The summed E-state index contributed by atoms with van der Waals surface area (Å²) in [6.45, 7) is 0.